The number of ether oxygens (including phenoxy) is 5. The summed E-state index contributed by atoms with van der Waals surface area (Å²) in [5.74, 6) is -4.12. The molecule has 1 saturated heterocycles. The van der Waals surface area contributed by atoms with E-state index in [1.54, 1.807) is 0 Å². The van der Waals surface area contributed by atoms with Crippen LogP contribution in [-0.2, 0) is 47.7 Å². The summed E-state index contributed by atoms with van der Waals surface area (Å²) in [7, 11) is 0. The van der Waals surface area contributed by atoms with Gasteiger partial charge in [-0.3, -0.25) is 19.2 Å². The first-order valence-electron chi connectivity index (χ1n) is 10.1. The molecule has 0 aliphatic carbocycles. The van der Waals surface area contributed by atoms with Crippen LogP contribution < -0.4 is 0 Å². The second-order valence-corrected chi connectivity index (χ2v) is 5.16. The van der Waals surface area contributed by atoms with Gasteiger partial charge in [0.1, 0.15) is 25.1 Å². The molecule has 146 valence electrons. The van der Waals surface area contributed by atoms with Crippen molar-refractivity contribution in [3.05, 3.63) is 0 Å². The van der Waals surface area contributed by atoms with Crippen molar-refractivity contribution in [3.63, 3.8) is 0 Å². The number of carbonyl (C=O) groups is 5. The van der Waals surface area contributed by atoms with Crippen LogP contribution >= 0.6 is 0 Å². The first-order valence-corrected chi connectivity index (χ1v) is 7.31. The van der Waals surface area contributed by atoms with Crippen LogP contribution in [0.5, 0.6) is 0 Å². The summed E-state index contributed by atoms with van der Waals surface area (Å²) in [4.78, 5) is 57.6. The Balaban J connectivity index is 3.32. The van der Waals surface area contributed by atoms with Gasteiger partial charge in [-0.25, -0.2) is 0 Å². The maximum atomic E-state index is 11.8. The molecule has 1 fully saturated rings. The van der Waals surface area contributed by atoms with E-state index in [0.29, 0.717) is 6.29 Å². The van der Waals surface area contributed by atoms with Crippen molar-refractivity contribution in [3.8, 4) is 0 Å². The minimum Gasteiger partial charge on any atom is -0.463 e. The van der Waals surface area contributed by atoms with E-state index in [1.165, 1.54) is 0 Å². The largest absolute Gasteiger partial charge is 0.463 e. The molecule has 5 atom stereocenters. The van der Waals surface area contributed by atoms with Crippen molar-refractivity contribution in [2.24, 2.45) is 0 Å². The lowest BCUT2D eigenvalue weighted by Gasteiger charge is -2.44. The third-order valence-corrected chi connectivity index (χ3v) is 3.27. The maximum absolute atomic E-state index is 11.8. The monoisotopic (exact) mass is 378 g/mol. The number of rotatable bonds is 7. The summed E-state index contributed by atoms with van der Waals surface area (Å²) in [6, 6.07) is 0. The van der Waals surface area contributed by atoms with Crippen molar-refractivity contribution in [1.82, 2.24) is 0 Å². The second-order valence-electron chi connectivity index (χ2n) is 5.16. The Labute approximate surface area is 155 Å². The summed E-state index contributed by atoms with van der Waals surface area (Å²) in [5, 5.41) is 0. The molecule has 10 nitrogen and oxygen atoms in total. The van der Waals surface area contributed by atoms with Gasteiger partial charge in [0.05, 0.1) is 0 Å². The minimum absolute atomic E-state index is 0.354. The first kappa shape index (κ1) is 15.7. The highest BCUT2D eigenvalue weighted by Crippen LogP contribution is 2.30. The quantitative estimate of drug-likeness (QED) is 0.330. The Morgan fingerprint density at radius 1 is 0.846 bits per heavy atom. The fraction of sp³-hybridized carbons (Fsp3) is 0.688. The molecular weight excluding hydrogens is 352 g/mol. The van der Waals surface area contributed by atoms with Gasteiger partial charge in [-0.2, -0.15) is 0 Å². The molecule has 1 aliphatic heterocycles. The van der Waals surface area contributed by atoms with Gasteiger partial charge in [-0.15, -0.1) is 0 Å². The first-order chi connectivity index (χ1) is 14.3. The van der Waals surface area contributed by atoms with E-state index in [2.05, 4.69) is 0 Å². The van der Waals surface area contributed by atoms with Gasteiger partial charge >= 0.3 is 23.9 Å². The molecular formula is C16H22O10. The Bertz CT molecular complexity index is 631. The van der Waals surface area contributed by atoms with E-state index < -0.39 is 88.6 Å². The number of aldehydes is 1. The second kappa shape index (κ2) is 9.85. The van der Waals surface area contributed by atoms with Crippen molar-refractivity contribution in [2.45, 2.75) is 64.5 Å². The Hall–Kier alpha value is -2.49. The Morgan fingerprint density at radius 3 is 1.85 bits per heavy atom. The van der Waals surface area contributed by atoms with Crippen molar-refractivity contribution in [1.29, 1.82) is 0 Å². The molecule has 0 radical (unpaired) electrons. The zero-order chi connectivity index (χ0) is 22.7. The van der Waals surface area contributed by atoms with Crippen molar-refractivity contribution >= 4 is 30.2 Å². The smallest absolute Gasteiger partial charge is 0.303 e. The van der Waals surface area contributed by atoms with E-state index in [1.807, 2.05) is 0 Å². The lowest BCUT2D eigenvalue weighted by molar-refractivity contribution is -0.252. The van der Waals surface area contributed by atoms with Crippen LogP contribution in [0.2, 0.25) is 0 Å². The molecule has 1 rings (SSSR count). The number of esters is 4. The SMILES string of the molecule is [2H]CC(=O)OC[C@H]1OC(CC=O)[C@@H](OC(=O)C[2H])[C@@H](OC(=O)C[2H])[C@@H]1OC(=O)C[2H]. The van der Waals surface area contributed by atoms with Crippen LogP contribution in [0.1, 0.15) is 39.5 Å². The van der Waals surface area contributed by atoms with E-state index in [4.69, 9.17) is 29.2 Å². The minimum atomic E-state index is -1.56. The van der Waals surface area contributed by atoms with Crippen LogP contribution in [0.25, 0.3) is 0 Å². The highest BCUT2D eigenvalue weighted by molar-refractivity contribution is 5.69. The molecule has 0 aromatic carbocycles. The third-order valence-electron chi connectivity index (χ3n) is 3.27. The summed E-state index contributed by atoms with van der Waals surface area (Å²) < 4.78 is 54.0. The van der Waals surface area contributed by atoms with E-state index in [-0.39, 0.29) is 6.42 Å². The molecule has 0 aromatic heterocycles. The van der Waals surface area contributed by atoms with Gasteiger partial charge in [-0.05, 0) is 0 Å². The van der Waals surface area contributed by atoms with Crippen LogP contribution in [0.15, 0.2) is 0 Å². The van der Waals surface area contributed by atoms with Gasteiger partial charge in [0, 0.05) is 39.5 Å². The Kier molecular flexibility index (Phi) is 5.97. The molecule has 0 amide bonds. The predicted octanol–water partition coefficient (Wildman–Crippen LogP) is -0.299. The number of hydrogen-bond donors (Lipinski definition) is 0. The fourth-order valence-electron chi connectivity index (χ4n) is 2.46. The molecule has 0 spiro atoms. The van der Waals surface area contributed by atoms with Crippen LogP contribution in [0.3, 0.4) is 0 Å². The predicted molar refractivity (Wildman–Crippen MR) is 82.6 cm³/mol. The molecule has 1 aliphatic rings. The summed E-state index contributed by atoms with van der Waals surface area (Å²) in [6.07, 6.45) is -7.00. The van der Waals surface area contributed by atoms with Gasteiger partial charge in [0.2, 0.25) is 0 Å². The zero-order valence-corrected chi connectivity index (χ0v) is 13.8. The van der Waals surface area contributed by atoms with Gasteiger partial charge in [0.25, 0.3) is 0 Å². The zero-order valence-electron chi connectivity index (χ0n) is 17.8. The van der Waals surface area contributed by atoms with Crippen LogP contribution in [0, 0.1) is 0 Å². The topological polar surface area (TPSA) is 132 Å². The molecule has 26 heavy (non-hydrogen) atoms. The normalized spacial score (nSPS) is 29.8. The van der Waals surface area contributed by atoms with E-state index in [0.717, 1.165) is 0 Å². The lowest BCUT2D eigenvalue weighted by atomic mass is 9.93. The summed E-state index contributed by atoms with van der Waals surface area (Å²) >= 11 is 0. The molecule has 1 heterocycles. The molecule has 1 unspecified atom stereocenters. The lowest BCUT2D eigenvalue weighted by Crippen LogP contribution is -2.62. The average molecular weight is 378 g/mol. The number of hydrogen-bond acceptors (Lipinski definition) is 10. The van der Waals surface area contributed by atoms with Crippen molar-refractivity contribution in [2.75, 3.05) is 6.61 Å². The summed E-state index contributed by atoms with van der Waals surface area (Å²) in [5.41, 5.74) is 0. The van der Waals surface area contributed by atoms with Gasteiger partial charge in [0.15, 0.2) is 18.3 Å². The van der Waals surface area contributed by atoms with E-state index >= 15 is 0 Å². The molecule has 0 N–H and O–H groups in total. The molecule has 10 heteroatoms. The van der Waals surface area contributed by atoms with Crippen LogP contribution in [-0.4, -0.2) is 67.3 Å². The standard InChI is InChI=1S/C16H22O10/c1-8(18)22-7-13-15(24-10(3)20)16(25-11(4)21)14(23-9(2)19)12(26-13)5-6-17/h6,12-16H,5,7H2,1-4H3/t12?,13-,14-,15-,16-/m1/s1/i1D,2D,3D,4D. The van der Waals surface area contributed by atoms with Gasteiger partial charge < -0.3 is 28.5 Å². The Morgan fingerprint density at radius 2 is 1.35 bits per heavy atom. The summed E-state index contributed by atoms with van der Waals surface area (Å²) in [6.45, 7) is -3.71. The van der Waals surface area contributed by atoms with Crippen LogP contribution in [0.4, 0.5) is 0 Å². The average Bonchev–Trinajstić information content (AvgIpc) is 2.75. The fourth-order valence-corrected chi connectivity index (χ4v) is 2.46. The molecule has 0 saturated carbocycles. The maximum Gasteiger partial charge on any atom is 0.303 e. The van der Waals surface area contributed by atoms with Gasteiger partial charge in [-0.1, -0.05) is 0 Å². The highest BCUT2D eigenvalue weighted by atomic mass is 16.7. The molecule has 0 aromatic rings. The molecule has 0 bridgehead atoms. The van der Waals surface area contributed by atoms with Crippen molar-refractivity contribution < 1.29 is 53.1 Å². The van der Waals surface area contributed by atoms with E-state index in [9.17, 15) is 24.0 Å². The number of carbonyl (C=O) groups excluding carboxylic acids is 5. The third kappa shape index (κ3) is 6.43. The highest BCUT2D eigenvalue weighted by Gasteiger charge is 2.51.